The second kappa shape index (κ2) is 5.33. The van der Waals surface area contributed by atoms with Crippen LogP contribution >= 0.6 is 45.8 Å². The standard InChI is InChI=1S/C12H9Cl2IN2/c13-7-1-3-11(9(15)5-7)17-12-4-2-8(14)6-10(12)16/h1-6,17H,16H2. The molecule has 0 radical (unpaired) electrons. The smallest absolute Gasteiger partial charge is 0.0619 e. The molecule has 88 valence electrons. The molecular formula is C12H9Cl2IN2. The maximum Gasteiger partial charge on any atom is 0.0619 e. The highest BCUT2D eigenvalue weighted by Gasteiger charge is 2.04. The molecule has 0 atom stereocenters. The summed E-state index contributed by atoms with van der Waals surface area (Å²) in [6.45, 7) is 0. The number of nitrogen functional groups attached to an aromatic ring is 1. The van der Waals surface area contributed by atoms with Gasteiger partial charge in [-0.2, -0.15) is 0 Å². The third-order valence-electron chi connectivity index (χ3n) is 2.21. The van der Waals surface area contributed by atoms with Gasteiger partial charge in [-0.05, 0) is 59.0 Å². The summed E-state index contributed by atoms with van der Waals surface area (Å²) in [7, 11) is 0. The minimum atomic E-state index is 0.614. The number of benzene rings is 2. The van der Waals surface area contributed by atoms with Crippen LogP contribution in [0.5, 0.6) is 0 Å². The van der Waals surface area contributed by atoms with Gasteiger partial charge in [-0.25, -0.2) is 0 Å². The number of halogens is 3. The van der Waals surface area contributed by atoms with Crippen molar-refractivity contribution in [3.8, 4) is 0 Å². The van der Waals surface area contributed by atoms with Crippen LogP contribution in [-0.2, 0) is 0 Å². The normalized spacial score (nSPS) is 10.3. The predicted octanol–water partition coefficient (Wildman–Crippen LogP) is 4.92. The van der Waals surface area contributed by atoms with Gasteiger partial charge in [0, 0.05) is 13.6 Å². The highest BCUT2D eigenvalue weighted by Crippen LogP contribution is 2.29. The molecule has 0 heterocycles. The van der Waals surface area contributed by atoms with Gasteiger partial charge >= 0.3 is 0 Å². The molecule has 0 aliphatic rings. The summed E-state index contributed by atoms with van der Waals surface area (Å²) in [5.74, 6) is 0. The van der Waals surface area contributed by atoms with E-state index >= 15 is 0 Å². The van der Waals surface area contributed by atoms with E-state index in [1.165, 1.54) is 0 Å². The van der Waals surface area contributed by atoms with Crippen molar-refractivity contribution in [2.75, 3.05) is 11.1 Å². The first-order chi connectivity index (χ1) is 8.06. The van der Waals surface area contributed by atoms with Gasteiger partial charge in [0.05, 0.1) is 17.1 Å². The Kier molecular flexibility index (Phi) is 4.01. The molecule has 2 aromatic carbocycles. The first-order valence-electron chi connectivity index (χ1n) is 4.83. The van der Waals surface area contributed by atoms with E-state index in [9.17, 15) is 0 Å². The number of rotatable bonds is 2. The zero-order chi connectivity index (χ0) is 12.4. The highest BCUT2D eigenvalue weighted by molar-refractivity contribution is 14.1. The Bertz CT molecular complexity index is 509. The van der Waals surface area contributed by atoms with Gasteiger partial charge in [0.25, 0.3) is 0 Å². The van der Waals surface area contributed by atoms with Crippen molar-refractivity contribution in [3.05, 3.63) is 50.0 Å². The van der Waals surface area contributed by atoms with Crippen LogP contribution in [0.2, 0.25) is 10.0 Å². The van der Waals surface area contributed by atoms with Crippen LogP contribution < -0.4 is 11.1 Å². The van der Waals surface area contributed by atoms with Crippen molar-refractivity contribution in [1.29, 1.82) is 0 Å². The van der Waals surface area contributed by atoms with E-state index in [2.05, 4.69) is 27.9 Å². The van der Waals surface area contributed by atoms with E-state index in [1.54, 1.807) is 12.1 Å². The van der Waals surface area contributed by atoms with Gasteiger partial charge in [-0.3, -0.25) is 0 Å². The van der Waals surface area contributed by atoms with Gasteiger partial charge in [0.15, 0.2) is 0 Å². The third kappa shape index (κ3) is 3.18. The number of nitrogens with two attached hydrogens (primary N) is 1. The first kappa shape index (κ1) is 12.8. The quantitative estimate of drug-likeness (QED) is 0.574. The molecule has 0 aliphatic carbocycles. The van der Waals surface area contributed by atoms with Crippen molar-refractivity contribution in [2.45, 2.75) is 0 Å². The summed E-state index contributed by atoms with van der Waals surface area (Å²) < 4.78 is 1.03. The molecule has 2 rings (SSSR count). The maximum atomic E-state index is 5.90. The molecule has 0 saturated carbocycles. The fourth-order valence-corrected chi connectivity index (χ4v) is 2.57. The fourth-order valence-electron chi connectivity index (χ4n) is 1.38. The Hall–Kier alpha value is -0.650. The molecule has 0 spiro atoms. The van der Waals surface area contributed by atoms with Crippen molar-refractivity contribution < 1.29 is 0 Å². The molecule has 17 heavy (non-hydrogen) atoms. The molecule has 2 aromatic rings. The summed E-state index contributed by atoms with van der Waals surface area (Å²) >= 11 is 14.0. The van der Waals surface area contributed by atoms with Gasteiger partial charge in [-0.1, -0.05) is 23.2 Å². The Labute approximate surface area is 123 Å². The first-order valence-corrected chi connectivity index (χ1v) is 6.67. The Morgan fingerprint density at radius 1 is 0.941 bits per heavy atom. The third-order valence-corrected chi connectivity index (χ3v) is 3.58. The number of nitrogens with one attached hydrogen (secondary N) is 1. The van der Waals surface area contributed by atoms with Crippen LogP contribution in [-0.4, -0.2) is 0 Å². The zero-order valence-electron chi connectivity index (χ0n) is 8.68. The molecule has 0 saturated heterocycles. The van der Waals surface area contributed by atoms with E-state index in [4.69, 9.17) is 28.9 Å². The molecule has 0 bridgehead atoms. The zero-order valence-corrected chi connectivity index (χ0v) is 12.3. The van der Waals surface area contributed by atoms with Crippen LogP contribution in [0.3, 0.4) is 0 Å². The van der Waals surface area contributed by atoms with Gasteiger partial charge < -0.3 is 11.1 Å². The van der Waals surface area contributed by atoms with Crippen LogP contribution in [0.4, 0.5) is 17.1 Å². The molecule has 0 amide bonds. The van der Waals surface area contributed by atoms with Crippen molar-refractivity contribution >= 4 is 62.9 Å². The topological polar surface area (TPSA) is 38.0 Å². The van der Waals surface area contributed by atoms with Crippen LogP contribution in [0, 0.1) is 3.57 Å². The maximum absolute atomic E-state index is 5.90. The SMILES string of the molecule is Nc1cc(Cl)ccc1Nc1ccc(Cl)cc1I. The second-order valence-corrected chi connectivity index (χ2v) is 5.52. The van der Waals surface area contributed by atoms with E-state index in [1.807, 2.05) is 24.3 Å². The van der Waals surface area contributed by atoms with Crippen molar-refractivity contribution in [3.63, 3.8) is 0 Å². The van der Waals surface area contributed by atoms with Crippen LogP contribution in [0.25, 0.3) is 0 Å². The summed E-state index contributed by atoms with van der Waals surface area (Å²) in [4.78, 5) is 0. The van der Waals surface area contributed by atoms with E-state index in [-0.39, 0.29) is 0 Å². The molecule has 2 nitrogen and oxygen atoms in total. The molecule has 0 aliphatic heterocycles. The summed E-state index contributed by atoms with van der Waals surface area (Å²) in [6, 6.07) is 11.0. The van der Waals surface area contributed by atoms with Crippen LogP contribution in [0.1, 0.15) is 0 Å². The Morgan fingerprint density at radius 2 is 1.53 bits per heavy atom. The lowest BCUT2D eigenvalue weighted by Gasteiger charge is -2.11. The number of hydrogen-bond donors (Lipinski definition) is 2. The average molecular weight is 379 g/mol. The van der Waals surface area contributed by atoms with Gasteiger partial charge in [0.1, 0.15) is 0 Å². The van der Waals surface area contributed by atoms with E-state index in [0.717, 1.165) is 14.9 Å². The summed E-state index contributed by atoms with van der Waals surface area (Å²) in [6.07, 6.45) is 0. The van der Waals surface area contributed by atoms with Crippen molar-refractivity contribution in [1.82, 2.24) is 0 Å². The molecule has 5 heteroatoms. The lowest BCUT2D eigenvalue weighted by atomic mass is 10.2. The summed E-state index contributed by atoms with van der Waals surface area (Å²) in [5, 5.41) is 4.58. The highest BCUT2D eigenvalue weighted by atomic mass is 127. The number of hydrogen-bond acceptors (Lipinski definition) is 2. The fraction of sp³-hybridized carbons (Fsp3) is 0. The van der Waals surface area contributed by atoms with E-state index < -0.39 is 0 Å². The largest absolute Gasteiger partial charge is 0.397 e. The van der Waals surface area contributed by atoms with Crippen LogP contribution in [0.15, 0.2) is 36.4 Å². The molecule has 0 fully saturated rings. The lowest BCUT2D eigenvalue weighted by molar-refractivity contribution is 1.52. The summed E-state index contributed by atoms with van der Waals surface area (Å²) in [5.41, 5.74) is 8.28. The molecule has 0 unspecified atom stereocenters. The average Bonchev–Trinajstić information content (AvgIpc) is 2.25. The van der Waals surface area contributed by atoms with Crippen molar-refractivity contribution in [2.24, 2.45) is 0 Å². The van der Waals surface area contributed by atoms with Gasteiger partial charge in [-0.15, -0.1) is 0 Å². The Balaban J connectivity index is 2.31. The predicted molar refractivity (Wildman–Crippen MR) is 83.3 cm³/mol. The minimum Gasteiger partial charge on any atom is -0.397 e. The molecule has 3 N–H and O–H groups in total. The number of anilines is 3. The Morgan fingerprint density at radius 3 is 2.12 bits per heavy atom. The molecular weight excluding hydrogens is 370 g/mol. The van der Waals surface area contributed by atoms with E-state index in [0.29, 0.717) is 15.7 Å². The lowest BCUT2D eigenvalue weighted by Crippen LogP contribution is -1.97. The minimum absolute atomic E-state index is 0.614. The molecule has 0 aromatic heterocycles. The second-order valence-electron chi connectivity index (χ2n) is 3.48. The van der Waals surface area contributed by atoms with Gasteiger partial charge in [0.2, 0.25) is 0 Å². The monoisotopic (exact) mass is 378 g/mol.